The minimum Gasteiger partial charge on any atom is -0.507 e. The molecule has 0 saturated carbocycles. The lowest BCUT2D eigenvalue weighted by Crippen LogP contribution is -2.25. The van der Waals surface area contributed by atoms with Gasteiger partial charge < -0.3 is 10.2 Å². The van der Waals surface area contributed by atoms with E-state index in [9.17, 15) is 15.0 Å². The van der Waals surface area contributed by atoms with Gasteiger partial charge in [0.2, 0.25) is 0 Å². The van der Waals surface area contributed by atoms with Crippen LogP contribution in [0.25, 0.3) is 0 Å². The molecule has 2 aromatic rings. The molecule has 0 radical (unpaired) electrons. The molecule has 21 heavy (non-hydrogen) atoms. The predicted octanol–water partition coefficient (Wildman–Crippen LogP) is 2.34. The number of hydrogen-bond donors (Lipinski definition) is 3. The number of halogens is 1. The molecule has 0 bridgehead atoms. The first kappa shape index (κ1) is 15.2. The van der Waals surface area contributed by atoms with Crippen LogP contribution in [0.3, 0.4) is 0 Å². The Labute approximate surface area is 130 Å². The first-order valence-electron chi connectivity index (χ1n) is 6.12. The molecule has 1 unspecified atom stereocenters. The summed E-state index contributed by atoms with van der Waals surface area (Å²) in [4.78, 5) is 11.7. The first-order chi connectivity index (χ1) is 10.1. The summed E-state index contributed by atoms with van der Waals surface area (Å²) in [5.41, 5.74) is 3.45. The van der Waals surface area contributed by atoms with Gasteiger partial charge in [-0.05, 0) is 45.3 Å². The molecule has 0 spiro atoms. The number of hydrazone groups is 1. The van der Waals surface area contributed by atoms with Gasteiger partial charge in [-0.25, -0.2) is 5.43 Å². The topological polar surface area (TPSA) is 81.9 Å². The third-order valence-corrected chi connectivity index (χ3v) is 3.36. The van der Waals surface area contributed by atoms with E-state index in [4.69, 9.17) is 0 Å². The number of aliphatic hydroxyl groups excluding tert-OH is 1. The average molecular weight is 349 g/mol. The summed E-state index contributed by atoms with van der Waals surface area (Å²) >= 11 is 3.18. The smallest absolute Gasteiger partial charge is 0.273 e. The summed E-state index contributed by atoms with van der Waals surface area (Å²) < 4.78 is 0.530. The highest BCUT2D eigenvalue weighted by atomic mass is 79.9. The summed E-state index contributed by atoms with van der Waals surface area (Å²) in [6.45, 7) is 0. The number of hydrogen-bond acceptors (Lipinski definition) is 4. The normalized spacial score (nSPS) is 12.3. The van der Waals surface area contributed by atoms with Gasteiger partial charge in [0.15, 0.2) is 6.10 Å². The van der Waals surface area contributed by atoms with Crippen molar-refractivity contribution in [2.24, 2.45) is 5.10 Å². The van der Waals surface area contributed by atoms with E-state index in [2.05, 4.69) is 26.5 Å². The molecule has 0 fully saturated rings. The largest absolute Gasteiger partial charge is 0.507 e. The van der Waals surface area contributed by atoms with E-state index in [1.165, 1.54) is 12.3 Å². The third-order valence-electron chi connectivity index (χ3n) is 2.72. The van der Waals surface area contributed by atoms with Crippen molar-refractivity contribution in [2.75, 3.05) is 0 Å². The standard InChI is InChI=1S/C15H13BrN2O3/c16-12-8-10(6-7-13(12)19)9-17-18-15(21)14(20)11-4-2-1-3-5-11/h1-9,14,19-20H,(H,18,21). The number of carbonyl (C=O) groups is 1. The highest BCUT2D eigenvalue weighted by Crippen LogP contribution is 2.23. The molecule has 2 rings (SSSR count). The lowest BCUT2D eigenvalue weighted by Gasteiger charge is -2.08. The molecular weight excluding hydrogens is 336 g/mol. The Morgan fingerprint density at radius 2 is 1.95 bits per heavy atom. The third kappa shape index (κ3) is 4.14. The van der Waals surface area contributed by atoms with Gasteiger partial charge in [-0.1, -0.05) is 30.3 Å². The molecule has 1 amide bonds. The van der Waals surface area contributed by atoms with Crippen molar-refractivity contribution in [3.63, 3.8) is 0 Å². The molecule has 0 saturated heterocycles. The van der Waals surface area contributed by atoms with Crippen molar-refractivity contribution < 1.29 is 15.0 Å². The van der Waals surface area contributed by atoms with Crippen molar-refractivity contribution in [2.45, 2.75) is 6.10 Å². The minimum atomic E-state index is -1.27. The van der Waals surface area contributed by atoms with Gasteiger partial charge in [-0.15, -0.1) is 0 Å². The van der Waals surface area contributed by atoms with E-state index in [-0.39, 0.29) is 5.75 Å². The Balaban J connectivity index is 1.97. The van der Waals surface area contributed by atoms with Crippen LogP contribution in [0.4, 0.5) is 0 Å². The second-order valence-corrected chi connectivity index (χ2v) is 5.11. The van der Waals surface area contributed by atoms with E-state index in [0.29, 0.717) is 15.6 Å². The molecule has 6 heteroatoms. The Morgan fingerprint density at radius 3 is 2.62 bits per heavy atom. The second kappa shape index (κ2) is 7.01. The van der Waals surface area contributed by atoms with Crippen molar-refractivity contribution in [1.82, 2.24) is 5.43 Å². The van der Waals surface area contributed by atoms with Gasteiger partial charge in [-0.2, -0.15) is 5.10 Å². The molecule has 5 nitrogen and oxygen atoms in total. The lowest BCUT2D eigenvalue weighted by atomic mass is 10.1. The quantitative estimate of drug-likeness (QED) is 0.585. The van der Waals surface area contributed by atoms with Crippen LogP contribution in [0.5, 0.6) is 5.75 Å². The van der Waals surface area contributed by atoms with Crippen molar-refractivity contribution in [3.8, 4) is 5.75 Å². The van der Waals surface area contributed by atoms with Crippen molar-refractivity contribution in [3.05, 3.63) is 64.1 Å². The monoisotopic (exact) mass is 348 g/mol. The summed E-state index contributed by atoms with van der Waals surface area (Å²) in [7, 11) is 0. The number of phenols is 1. The number of aromatic hydroxyl groups is 1. The molecule has 0 heterocycles. The van der Waals surface area contributed by atoms with E-state index in [0.717, 1.165) is 0 Å². The van der Waals surface area contributed by atoms with Gasteiger partial charge in [0.1, 0.15) is 5.75 Å². The zero-order chi connectivity index (χ0) is 15.2. The molecule has 0 aliphatic heterocycles. The van der Waals surface area contributed by atoms with Crippen LogP contribution in [-0.4, -0.2) is 22.3 Å². The molecule has 0 aliphatic rings. The zero-order valence-corrected chi connectivity index (χ0v) is 12.5. The van der Waals surface area contributed by atoms with Crippen LogP contribution >= 0.6 is 15.9 Å². The number of benzene rings is 2. The fourth-order valence-electron chi connectivity index (χ4n) is 1.62. The maximum Gasteiger partial charge on any atom is 0.273 e. The Hall–Kier alpha value is -2.18. The molecule has 108 valence electrons. The Morgan fingerprint density at radius 1 is 1.24 bits per heavy atom. The number of aliphatic hydroxyl groups is 1. The molecule has 2 aromatic carbocycles. The van der Waals surface area contributed by atoms with Crippen LogP contribution in [-0.2, 0) is 4.79 Å². The fourth-order valence-corrected chi connectivity index (χ4v) is 2.02. The van der Waals surface area contributed by atoms with Crippen LogP contribution in [0.2, 0.25) is 0 Å². The minimum absolute atomic E-state index is 0.121. The van der Waals surface area contributed by atoms with Crippen LogP contribution in [0.1, 0.15) is 17.2 Å². The van der Waals surface area contributed by atoms with Gasteiger partial charge in [-0.3, -0.25) is 4.79 Å². The highest BCUT2D eigenvalue weighted by molar-refractivity contribution is 9.10. The number of rotatable bonds is 4. The number of phenolic OH excluding ortho intramolecular Hbond substituents is 1. The lowest BCUT2D eigenvalue weighted by molar-refractivity contribution is -0.129. The average Bonchev–Trinajstić information content (AvgIpc) is 2.51. The van der Waals surface area contributed by atoms with Gasteiger partial charge in [0.05, 0.1) is 10.7 Å². The summed E-state index contributed by atoms with van der Waals surface area (Å²) in [5.74, 6) is -0.494. The van der Waals surface area contributed by atoms with Crippen LogP contribution in [0.15, 0.2) is 58.1 Å². The Bertz CT molecular complexity index is 659. The second-order valence-electron chi connectivity index (χ2n) is 4.26. The van der Waals surface area contributed by atoms with Crippen LogP contribution in [0, 0.1) is 0 Å². The molecule has 0 aromatic heterocycles. The van der Waals surface area contributed by atoms with Crippen LogP contribution < -0.4 is 5.43 Å². The van der Waals surface area contributed by atoms with E-state index >= 15 is 0 Å². The molecule has 3 N–H and O–H groups in total. The molecule has 1 atom stereocenters. The maximum absolute atomic E-state index is 11.7. The zero-order valence-electron chi connectivity index (χ0n) is 10.9. The maximum atomic E-state index is 11.7. The highest BCUT2D eigenvalue weighted by Gasteiger charge is 2.15. The number of nitrogens with zero attached hydrogens (tertiary/aromatic N) is 1. The number of amides is 1. The summed E-state index contributed by atoms with van der Waals surface area (Å²) in [6.07, 6.45) is 0.148. The number of nitrogens with one attached hydrogen (secondary N) is 1. The number of carbonyl (C=O) groups excluding carboxylic acids is 1. The van der Waals surface area contributed by atoms with E-state index in [1.807, 2.05) is 0 Å². The van der Waals surface area contributed by atoms with Crippen molar-refractivity contribution in [1.29, 1.82) is 0 Å². The summed E-state index contributed by atoms with van der Waals surface area (Å²) in [6, 6.07) is 13.4. The molecular formula is C15H13BrN2O3. The first-order valence-corrected chi connectivity index (χ1v) is 6.91. The summed E-state index contributed by atoms with van der Waals surface area (Å²) in [5, 5.41) is 23.0. The molecule has 0 aliphatic carbocycles. The van der Waals surface area contributed by atoms with Crippen molar-refractivity contribution >= 4 is 28.1 Å². The van der Waals surface area contributed by atoms with E-state index in [1.54, 1.807) is 42.5 Å². The fraction of sp³-hybridized carbons (Fsp3) is 0.0667. The predicted molar refractivity (Wildman–Crippen MR) is 82.9 cm³/mol. The van der Waals surface area contributed by atoms with Gasteiger partial charge in [0.25, 0.3) is 5.91 Å². The Kier molecular flexibility index (Phi) is 5.08. The van der Waals surface area contributed by atoms with Gasteiger partial charge >= 0.3 is 0 Å². The van der Waals surface area contributed by atoms with E-state index < -0.39 is 12.0 Å². The SMILES string of the molecule is O=C(NN=Cc1ccc(O)c(Br)c1)C(O)c1ccccc1. The van der Waals surface area contributed by atoms with Gasteiger partial charge in [0, 0.05) is 0 Å².